The van der Waals surface area contributed by atoms with Crippen LogP contribution in [0.4, 0.5) is 17.6 Å². The fourth-order valence-corrected chi connectivity index (χ4v) is 3.06. The maximum absolute atomic E-state index is 12.6. The number of halogens is 6. The molecule has 0 aliphatic rings. The number of carbonyl (C=O) groups is 2. The van der Waals surface area contributed by atoms with Gasteiger partial charge in [-0.15, -0.1) is 0 Å². The summed E-state index contributed by atoms with van der Waals surface area (Å²) in [7, 11) is 0. The smallest absolute Gasteiger partial charge is 0.309 e. The zero-order chi connectivity index (χ0) is 23.7. The molecule has 0 saturated heterocycles. The van der Waals surface area contributed by atoms with Crippen LogP contribution in [0, 0.1) is 30.4 Å². The predicted octanol–water partition coefficient (Wildman–Crippen LogP) is 3.86. The van der Waals surface area contributed by atoms with Gasteiger partial charge in [0.1, 0.15) is 0 Å². The second-order valence-corrected chi connectivity index (χ2v) is 8.13. The van der Waals surface area contributed by atoms with Crippen LogP contribution in [-0.4, -0.2) is 21.8 Å². The van der Waals surface area contributed by atoms with Gasteiger partial charge in [-0.05, 0) is 68.4 Å². The van der Waals surface area contributed by atoms with Gasteiger partial charge in [-0.1, -0.05) is 12.1 Å². The lowest BCUT2D eigenvalue weighted by atomic mass is 10.3. The maximum Gasteiger partial charge on any atom is 0.309 e. The topological polar surface area (TPSA) is 84.0 Å². The van der Waals surface area contributed by atoms with Crippen molar-refractivity contribution in [2.75, 3.05) is 0 Å². The fraction of sp³-hybridized carbons (Fsp3) is 0.100. The van der Waals surface area contributed by atoms with Crippen LogP contribution in [0.25, 0.3) is 0 Å². The van der Waals surface area contributed by atoms with Gasteiger partial charge in [0.25, 0.3) is 0 Å². The van der Waals surface area contributed by atoms with Crippen LogP contribution in [0.15, 0.2) is 49.1 Å². The second kappa shape index (κ2) is 12.6. The molecule has 2 aromatic heterocycles. The monoisotopic (exact) mass is 672 g/mol. The minimum Gasteiger partial charge on any atom is -0.344 e. The molecule has 0 radical (unpaired) electrons. The summed E-state index contributed by atoms with van der Waals surface area (Å²) < 4.78 is 49.2. The first-order valence-corrected chi connectivity index (χ1v) is 10.9. The molecule has 0 aliphatic carbocycles. The van der Waals surface area contributed by atoms with E-state index in [4.69, 9.17) is 0 Å². The Labute approximate surface area is 207 Å². The van der Waals surface area contributed by atoms with Crippen molar-refractivity contribution < 1.29 is 27.2 Å². The van der Waals surface area contributed by atoms with Gasteiger partial charge in [-0.2, -0.15) is 0 Å². The van der Waals surface area contributed by atoms with Gasteiger partial charge in [0.2, 0.25) is 0 Å². The van der Waals surface area contributed by atoms with Crippen molar-refractivity contribution in [3.05, 3.63) is 90.6 Å². The quantitative estimate of drug-likeness (QED) is 0.145. The lowest BCUT2D eigenvalue weighted by Crippen LogP contribution is -2.39. The van der Waals surface area contributed by atoms with Crippen LogP contribution in [0.2, 0.25) is 0 Å². The molecule has 3 aromatic rings. The molecule has 32 heavy (non-hydrogen) atoms. The number of nitrogens with one attached hydrogen (secondary N) is 2. The van der Waals surface area contributed by atoms with E-state index in [1.165, 1.54) is 45.2 Å². The van der Waals surface area contributed by atoms with Crippen molar-refractivity contribution in [2.24, 2.45) is 0 Å². The number of benzene rings is 1. The molecule has 168 valence electrons. The number of carbonyl (C=O) groups excluding carboxylic acids is 2. The van der Waals surface area contributed by atoms with Crippen molar-refractivity contribution in [3.8, 4) is 0 Å². The van der Waals surface area contributed by atoms with Crippen LogP contribution in [0.5, 0.6) is 0 Å². The van der Waals surface area contributed by atoms with Crippen molar-refractivity contribution in [1.82, 2.24) is 20.6 Å². The van der Waals surface area contributed by atoms with Crippen LogP contribution in [0.1, 0.15) is 11.1 Å². The summed E-state index contributed by atoms with van der Waals surface area (Å²) in [5, 5.41) is 5.06. The van der Waals surface area contributed by atoms with E-state index < -0.39 is 42.2 Å². The molecule has 3 rings (SSSR count). The molecule has 0 unspecified atom stereocenters. The van der Waals surface area contributed by atoms with Crippen molar-refractivity contribution in [2.45, 2.75) is 13.1 Å². The van der Waals surface area contributed by atoms with E-state index in [9.17, 15) is 27.2 Å². The molecular weight excluding hydrogens is 658 g/mol. The minimum absolute atomic E-state index is 0.271. The Bertz CT molecular complexity index is 931. The van der Waals surface area contributed by atoms with Crippen LogP contribution in [0.3, 0.4) is 0 Å². The molecule has 12 heteroatoms. The molecule has 0 bridgehead atoms. The molecule has 0 aliphatic heterocycles. The Kier molecular flexibility index (Phi) is 10.2. The largest absolute Gasteiger partial charge is 0.344 e. The molecule has 0 fully saturated rings. The average Bonchev–Trinajstić information content (AvgIpc) is 2.83. The molecule has 0 spiro atoms. The summed E-state index contributed by atoms with van der Waals surface area (Å²) in [5.74, 6) is -6.73. The Hall–Kier alpha value is -2.36. The fourth-order valence-electron chi connectivity index (χ4n) is 2.11. The summed E-state index contributed by atoms with van der Waals surface area (Å²) in [6.45, 7) is 0.542. The first-order chi connectivity index (χ1) is 15.2. The van der Waals surface area contributed by atoms with Crippen molar-refractivity contribution in [3.63, 3.8) is 0 Å². The van der Waals surface area contributed by atoms with Gasteiger partial charge in [-0.25, -0.2) is 17.6 Å². The predicted molar refractivity (Wildman–Crippen MR) is 124 cm³/mol. The van der Waals surface area contributed by atoms with Gasteiger partial charge in [0.05, 0.1) is 7.14 Å². The first-order valence-electron chi connectivity index (χ1n) is 8.73. The summed E-state index contributed by atoms with van der Waals surface area (Å²) in [6.07, 6.45) is 6.56. The van der Waals surface area contributed by atoms with Gasteiger partial charge >= 0.3 is 11.8 Å². The molecule has 0 atom stereocenters. The van der Waals surface area contributed by atoms with E-state index in [0.29, 0.717) is 0 Å². The third-order valence-corrected chi connectivity index (χ3v) is 5.61. The Balaban J connectivity index is 0.000000258. The van der Waals surface area contributed by atoms with E-state index in [0.717, 1.165) is 11.1 Å². The molecular formula is C20H14F4I2N4O2. The lowest BCUT2D eigenvalue weighted by molar-refractivity contribution is -0.139. The van der Waals surface area contributed by atoms with Gasteiger partial charge in [-0.3, -0.25) is 19.6 Å². The molecule has 2 amide bonds. The number of rotatable bonds is 4. The second-order valence-electron chi connectivity index (χ2n) is 5.97. The number of amides is 2. The summed E-state index contributed by atoms with van der Waals surface area (Å²) in [5.41, 5.74) is 1.67. The van der Waals surface area contributed by atoms with Crippen molar-refractivity contribution >= 4 is 57.0 Å². The maximum atomic E-state index is 12.6. The van der Waals surface area contributed by atoms with Gasteiger partial charge in [0, 0.05) is 37.9 Å². The number of aromatic nitrogens is 2. The normalized spacial score (nSPS) is 10.1. The van der Waals surface area contributed by atoms with E-state index in [-0.39, 0.29) is 13.1 Å². The Morgan fingerprint density at radius 3 is 1.34 bits per heavy atom. The third kappa shape index (κ3) is 7.36. The Morgan fingerprint density at radius 2 is 1.06 bits per heavy atom. The molecule has 6 nitrogen and oxygen atoms in total. The minimum atomic E-state index is -1.35. The molecule has 1 aromatic carbocycles. The summed E-state index contributed by atoms with van der Waals surface area (Å²) in [4.78, 5) is 31.0. The van der Waals surface area contributed by atoms with E-state index in [2.05, 4.69) is 20.6 Å². The first kappa shape index (κ1) is 25.9. The van der Waals surface area contributed by atoms with Crippen molar-refractivity contribution in [1.29, 1.82) is 0 Å². The zero-order valence-corrected chi connectivity index (χ0v) is 20.3. The van der Waals surface area contributed by atoms with Crippen LogP contribution >= 0.6 is 45.2 Å². The zero-order valence-electron chi connectivity index (χ0n) is 16.0. The SMILES string of the molecule is Fc1c(F)c(I)c(F)c(F)c1I.O=C(NCc1cccnc1)C(=O)NCc1cccnc1. The number of nitrogens with zero attached hydrogens (tertiary/aromatic N) is 2. The highest BCUT2D eigenvalue weighted by Crippen LogP contribution is 2.25. The number of pyridine rings is 2. The van der Waals surface area contributed by atoms with Gasteiger partial charge in [0.15, 0.2) is 23.3 Å². The van der Waals surface area contributed by atoms with Gasteiger partial charge < -0.3 is 10.6 Å². The summed E-state index contributed by atoms with van der Waals surface area (Å²) >= 11 is 2.41. The molecule has 2 N–H and O–H groups in total. The number of hydrogen-bond donors (Lipinski definition) is 2. The third-order valence-electron chi connectivity index (χ3n) is 3.71. The molecule has 2 heterocycles. The lowest BCUT2D eigenvalue weighted by Gasteiger charge is -2.06. The van der Waals surface area contributed by atoms with E-state index in [1.54, 1.807) is 36.9 Å². The van der Waals surface area contributed by atoms with E-state index >= 15 is 0 Å². The highest BCUT2D eigenvalue weighted by atomic mass is 127. The highest BCUT2D eigenvalue weighted by Gasteiger charge is 2.21. The Morgan fingerprint density at radius 1 is 0.719 bits per heavy atom. The highest BCUT2D eigenvalue weighted by molar-refractivity contribution is 14.1. The molecule has 0 saturated carbocycles. The van der Waals surface area contributed by atoms with Crippen LogP contribution < -0.4 is 10.6 Å². The number of hydrogen-bond acceptors (Lipinski definition) is 4. The van der Waals surface area contributed by atoms with Crippen LogP contribution in [-0.2, 0) is 22.7 Å². The van der Waals surface area contributed by atoms with E-state index in [1.807, 2.05) is 12.1 Å². The average molecular weight is 672 g/mol. The standard InChI is InChI=1S/C14H14N4O2.C6F4I2/c19-13(17-9-11-3-1-5-15-7-11)14(20)18-10-12-4-2-6-16-8-12;7-1-2(8)6(12)4(10)3(9)5(1)11/h1-8H,9-10H2,(H,17,19)(H,18,20);. The summed E-state index contributed by atoms with van der Waals surface area (Å²) in [6, 6.07) is 7.18.